The Bertz CT molecular complexity index is 4700. The average molecular weight is 1980 g/mol. The number of nitro benzene ring substituents is 4. The SMILES string of the molecule is C#CCN.C#CCN(CCCl)S(=O)(=O)c1ccccc1[N+](=O)[O-].C#CCNS(=O)(=O)c1ccccc1[N+](=O)[O-].CCOC(=O)c1cc2n(n1)CCN(S(=O)(=O)c1ccccc1[N+](=O)[O-])C2.CCOC(=O)c1cc2n(n1)CCNC2.ClCCBr.O=CO[O-].O=[N+]([O-])c1ccccc1S(=O)(=O)Cl.Sc1ccccc1.[Cs+].[Cs+].[H-]. The van der Waals surface area contributed by atoms with Gasteiger partial charge in [0.25, 0.3) is 48.3 Å². The molecule has 109 heavy (non-hydrogen) atoms. The Morgan fingerprint density at radius 3 is 1.45 bits per heavy atom. The molecule has 36 nitrogen and oxygen atoms in total. The van der Waals surface area contributed by atoms with E-state index >= 15 is 0 Å². The summed E-state index contributed by atoms with van der Waals surface area (Å²) < 4.78 is 112. The van der Waals surface area contributed by atoms with E-state index in [0.717, 1.165) is 80.6 Å². The van der Waals surface area contributed by atoms with Crippen LogP contribution in [0.25, 0.3) is 0 Å². The zero-order valence-corrected chi connectivity index (χ0v) is 78.8. The number of nitrogens with one attached hydrogen (secondary N) is 2. The molecule has 0 bridgehead atoms. The third-order valence-corrected chi connectivity index (χ3v) is 20.5. The molecule has 0 spiro atoms. The maximum Gasteiger partial charge on any atom is 1.00 e. The molecule has 0 amide bonds. The van der Waals surface area contributed by atoms with Crippen molar-refractivity contribution in [2.45, 2.75) is 64.5 Å². The van der Waals surface area contributed by atoms with E-state index in [1.54, 1.807) is 19.9 Å². The van der Waals surface area contributed by atoms with Crippen LogP contribution in [-0.4, -0.2) is 170 Å². The molecule has 0 aliphatic carbocycles. The number of aromatic nitrogens is 4. The predicted molar refractivity (Wildman–Crippen MR) is 398 cm³/mol. The number of carbonyl (C=O) groups excluding carboxylic acids is 3. The number of hydrogen-bond donors (Lipinski definition) is 4. The number of rotatable bonds is 21. The molecule has 2 aliphatic heterocycles. The predicted octanol–water partition coefficient (Wildman–Crippen LogP) is 0.551. The molecule has 0 saturated heterocycles. The van der Waals surface area contributed by atoms with Gasteiger partial charge in [0.1, 0.15) is 0 Å². The van der Waals surface area contributed by atoms with E-state index < -0.39 is 97.3 Å². The van der Waals surface area contributed by atoms with Crippen molar-refractivity contribution in [2.75, 3.05) is 69.6 Å². The van der Waals surface area contributed by atoms with E-state index in [2.05, 4.69) is 77.9 Å². The van der Waals surface area contributed by atoms with Crippen LogP contribution in [0.5, 0.6) is 0 Å². The van der Waals surface area contributed by atoms with Crippen LogP contribution in [0.15, 0.2) is 164 Å². The molecule has 2 aromatic heterocycles. The van der Waals surface area contributed by atoms with E-state index in [9.17, 15) is 83.7 Å². The fourth-order valence-corrected chi connectivity index (χ4v) is 13.6. The topological polar surface area (TPSA) is 503 Å². The summed E-state index contributed by atoms with van der Waals surface area (Å²) in [5, 5.41) is 63.8. The standard InChI is InChI=1S/C15H16N4O6S.C11H11ClN2O4S.C9H13N3O2.C9H8N2O4S.C6H4ClNO4S.C6H6S.C3H5N.C2H4BrCl.CH2O3.2Cs.H/c1-2-25-15(20)12-9-11-10-17(7-8-18(11)16-12)26(23,24)14-6-4-3-5-13(14)19(21)22;1-2-8-13(9-7-12)19(17,18)11-6-4-3-5-10(11)14(15)16;1-2-14-9(13)8-5-7-6-10-3-4-12(7)11-8;1-2-7-10-16(14,15)9-6-4-3-5-8(9)11(12)13;7-13(11,12)6-4-2-1-3-5(6)8(9)10;7-6-4-2-1-3-5-6;1-2-3-4;3-1-2-4;2-1-4-3;;;/h3-6,9H,2,7-8,10H2,1H3;1,3-6H,7-9H2;5,10H,2-4,6H2,1H3;1,3-6,10H,7H2;1-4H;1-5,7H;1H,3-4H2;1-2H2;1,3H;;;/q;;;;;;;;;2*+1;-1/p-1. The van der Waals surface area contributed by atoms with Crippen LogP contribution in [0, 0.1) is 77.5 Å². The van der Waals surface area contributed by atoms with Gasteiger partial charge in [0.15, 0.2) is 31.0 Å². The minimum Gasteiger partial charge on any atom is -1.00 e. The van der Waals surface area contributed by atoms with Gasteiger partial charge in [-0.05, 0) is 62.4 Å². The minimum absolute atomic E-state index is 0. The number of para-hydroxylation sites is 4. The molecule has 7 aromatic rings. The molecule has 0 fully saturated rings. The van der Waals surface area contributed by atoms with E-state index in [0.29, 0.717) is 30.4 Å². The van der Waals surface area contributed by atoms with Gasteiger partial charge < -0.3 is 32.1 Å². The van der Waals surface area contributed by atoms with Gasteiger partial charge in [0.05, 0.1) is 83.6 Å². The first-order valence-corrected chi connectivity index (χ1v) is 39.2. The Balaban J connectivity index is -0.00000124. The molecule has 5 aromatic carbocycles. The van der Waals surface area contributed by atoms with E-state index in [4.69, 9.17) is 72.0 Å². The number of terminal acetylenes is 3. The van der Waals surface area contributed by atoms with Crippen molar-refractivity contribution in [3.8, 4) is 37.0 Å². The molecule has 0 saturated carbocycles. The number of ether oxygens (including phenoxy) is 2. The van der Waals surface area contributed by atoms with Crippen molar-refractivity contribution < 1.29 is 227 Å². The molecule has 4 N–H and O–H groups in total. The Labute approximate surface area is 775 Å². The summed E-state index contributed by atoms with van der Waals surface area (Å²) in [6.07, 6.45) is 14.7. The number of nitrogens with zero attached hydrogens (tertiary/aromatic N) is 10. The number of nitro groups is 4. The first-order valence-electron chi connectivity index (χ1n) is 29.9. The van der Waals surface area contributed by atoms with Crippen LogP contribution in [-0.2, 0) is 84.5 Å². The number of hydrogen-bond acceptors (Lipinski definition) is 28. The quantitative estimate of drug-likeness (QED) is 0.00878. The molecule has 0 unspecified atom stereocenters. The number of halogens is 4. The fraction of sp³-hybridized carbons (Fsp3) is 0.274. The number of alkyl halides is 3. The summed E-state index contributed by atoms with van der Waals surface area (Å²) in [5.74, 6) is 6.32. The molecule has 47 heteroatoms. The molecular formula is C62H69BrCl3Cs2N13O23S5. The molecule has 9 rings (SSSR count). The van der Waals surface area contributed by atoms with Crippen LogP contribution >= 0.6 is 62.4 Å². The Morgan fingerprint density at radius 1 is 0.670 bits per heavy atom. The Morgan fingerprint density at radius 2 is 1.07 bits per heavy atom. The minimum atomic E-state index is -4.07. The second kappa shape index (κ2) is 56.7. The summed E-state index contributed by atoms with van der Waals surface area (Å²) in [4.78, 5) is 73.7. The molecular weight excluding hydrogens is 1910 g/mol. The number of sulfonamides is 3. The van der Waals surface area contributed by atoms with Crippen molar-refractivity contribution in [1.82, 2.24) is 38.2 Å². The fourth-order valence-electron chi connectivity index (χ4n) is 7.95. The Kier molecular flexibility index (Phi) is 55.0. The molecule has 0 atom stereocenters. The molecule has 580 valence electrons. The van der Waals surface area contributed by atoms with Crippen molar-refractivity contribution in [2.24, 2.45) is 5.73 Å². The van der Waals surface area contributed by atoms with Gasteiger partial charge in [-0.2, -0.15) is 23.5 Å². The van der Waals surface area contributed by atoms with Gasteiger partial charge in [0.2, 0.25) is 20.0 Å². The van der Waals surface area contributed by atoms with Gasteiger partial charge in [-0.25, -0.2) is 43.3 Å². The summed E-state index contributed by atoms with van der Waals surface area (Å²) in [5.41, 5.74) is 4.90. The third-order valence-electron chi connectivity index (χ3n) is 12.4. The largest absolute Gasteiger partial charge is 1.00 e. The second-order valence-electron chi connectivity index (χ2n) is 19.4. The number of nitrogens with two attached hydrogens (primary N) is 1. The molecule has 2 aliphatic rings. The first kappa shape index (κ1) is 106. The van der Waals surface area contributed by atoms with Crippen LogP contribution < -0.4 is 159 Å². The van der Waals surface area contributed by atoms with Crippen molar-refractivity contribution >= 4 is 143 Å². The van der Waals surface area contributed by atoms with Gasteiger partial charge >= 0.3 is 150 Å². The first-order chi connectivity index (χ1) is 50.6. The van der Waals surface area contributed by atoms with E-state index in [1.807, 2.05) is 35.0 Å². The van der Waals surface area contributed by atoms with Crippen LogP contribution in [0.3, 0.4) is 0 Å². The van der Waals surface area contributed by atoms with Gasteiger partial charge in [-0.3, -0.25) is 54.6 Å². The second-order valence-corrected chi connectivity index (χ2v) is 29.5. The smallest absolute Gasteiger partial charge is 1.00 e. The summed E-state index contributed by atoms with van der Waals surface area (Å²) in [6, 6.07) is 33.3. The zero-order chi connectivity index (χ0) is 80.9. The Hall–Kier alpha value is -5.43. The van der Waals surface area contributed by atoms with Crippen molar-refractivity contribution in [3.05, 3.63) is 203 Å². The van der Waals surface area contributed by atoms with Crippen molar-refractivity contribution in [1.29, 1.82) is 0 Å². The number of benzene rings is 5. The van der Waals surface area contributed by atoms with E-state index in [-0.39, 0.29) is 219 Å². The van der Waals surface area contributed by atoms with Crippen LogP contribution in [0.4, 0.5) is 22.7 Å². The summed E-state index contributed by atoms with van der Waals surface area (Å²) in [6.45, 7) is 6.57. The number of esters is 2. The van der Waals surface area contributed by atoms with Crippen molar-refractivity contribution in [3.63, 3.8) is 0 Å². The van der Waals surface area contributed by atoms with Gasteiger partial charge in [0, 0.05) is 83.1 Å². The molecule has 0 radical (unpaired) electrons. The van der Waals surface area contributed by atoms with Gasteiger partial charge in [-0.15, -0.1) is 55.1 Å². The maximum atomic E-state index is 12.9. The van der Waals surface area contributed by atoms with E-state index in [1.165, 1.54) is 71.4 Å². The summed E-state index contributed by atoms with van der Waals surface area (Å²) >= 11 is 17.9. The zero-order valence-electron chi connectivity index (χ0n) is 59.2. The average Bonchev–Trinajstić information content (AvgIpc) is 1.41. The maximum absolute atomic E-state index is 12.9. The summed E-state index contributed by atoms with van der Waals surface area (Å²) in [7, 11) is -11.1. The number of carbonyl (C=O) groups is 3. The van der Waals surface area contributed by atoms with Crippen LogP contribution in [0.2, 0.25) is 0 Å². The monoisotopic (exact) mass is 1970 g/mol. The number of fused-ring (bicyclic) bond motifs is 2. The third kappa shape index (κ3) is 37.4. The van der Waals surface area contributed by atoms with Gasteiger partial charge in [-0.1, -0.05) is 100 Å². The normalized spacial score (nSPS) is 11.5. The number of thiol groups is 1. The molecule has 4 heterocycles. The van der Waals surface area contributed by atoms with Crippen LogP contribution in [0.1, 0.15) is 47.6 Å².